The standard InChI is InChI=1S/C17H9N3O4.C15H10O2/c18-10-13(11-19)9-12-1-7-16(8-2-12)24-17(21)14-3-5-15(6-4-14)20(22)23;16-15-13-9-5-4-8-12(13)14(17-15)10-11-6-2-1-3-7-11/h1-9H;1-10H. The fraction of sp³-hybridized carbons (Fsp3) is 0. The van der Waals surface area contributed by atoms with Gasteiger partial charge in [0.1, 0.15) is 29.2 Å². The van der Waals surface area contributed by atoms with Gasteiger partial charge in [-0.1, -0.05) is 60.7 Å². The average Bonchev–Trinajstić information content (AvgIpc) is 3.32. The van der Waals surface area contributed by atoms with E-state index >= 15 is 0 Å². The second-order valence-corrected chi connectivity index (χ2v) is 8.40. The van der Waals surface area contributed by atoms with Crippen LogP contribution in [0.2, 0.25) is 0 Å². The number of hydrogen-bond donors (Lipinski definition) is 0. The molecule has 0 saturated carbocycles. The van der Waals surface area contributed by atoms with E-state index in [4.69, 9.17) is 20.0 Å². The van der Waals surface area contributed by atoms with E-state index in [-0.39, 0.29) is 28.5 Å². The first kappa shape index (κ1) is 27.7. The number of nitro groups is 1. The van der Waals surface area contributed by atoms with E-state index in [1.807, 2.05) is 54.6 Å². The van der Waals surface area contributed by atoms with E-state index in [0.29, 0.717) is 16.9 Å². The summed E-state index contributed by atoms with van der Waals surface area (Å²) in [5.74, 6) is -0.0338. The molecule has 0 unspecified atom stereocenters. The molecule has 0 spiro atoms. The molecule has 4 aromatic carbocycles. The molecular formula is C32H19N3O6. The fourth-order valence-electron chi connectivity index (χ4n) is 3.67. The lowest BCUT2D eigenvalue weighted by molar-refractivity contribution is -0.384. The van der Waals surface area contributed by atoms with Gasteiger partial charge in [0.05, 0.1) is 16.1 Å². The van der Waals surface area contributed by atoms with E-state index in [2.05, 4.69) is 0 Å². The Labute approximate surface area is 234 Å². The van der Waals surface area contributed by atoms with Crippen molar-refractivity contribution < 1.29 is 24.0 Å². The van der Waals surface area contributed by atoms with E-state index < -0.39 is 10.9 Å². The summed E-state index contributed by atoms with van der Waals surface area (Å²) in [4.78, 5) is 33.6. The van der Waals surface area contributed by atoms with Crippen LogP contribution in [0.5, 0.6) is 5.75 Å². The largest absolute Gasteiger partial charge is 0.423 e. The van der Waals surface area contributed by atoms with Crippen LogP contribution in [0.25, 0.3) is 17.9 Å². The molecule has 0 aromatic heterocycles. The average molecular weight is 542 g/mol. The van der Waals surface area contributed by atoms with Crippen LogP contribution in [0.15, 0.2) is 109 Å². The number of esters is 2. The highest BCUT2D eigenvalue weighted by Gasteiger charge is 2.25. The normalized spacial score (nSPS) is 12.0. The number of non-ortho nitro benzene ring substituents is 1. The molecule has 0 fully saturated rings. The van der Waals surface area contributed by atoms with Crippen molar-refractivity contribution in [1.29, 1.82) is 10.5 Å². The topological polar surface area (TPSA) is 143 Å². The smallest absolute Gasteiger partial charge is 0.344 e. The molecule has 0 N–H and O–H groups in total. The van der Waals surface area contributed by atoms with Gasteiger partial charge < -0.3 is 9.47 Å². The zero-order valence-corrected chi connectivity index (χ0v) is 21.3. The van der Waals surface area contributed by atoms with Crippen LogP contribution in [0.4, 0.5) is 5.69 Å². The zero-order valence-electron chi connectivity index (χ0n) is 21.3. The lowest BCUT2D eigenvalue weighted by Crippen LogP contribution is -2.08. The monoisotopic (exact) mass is 541 g/mol. The zero-order chi connectivity index (χ0) is 29.2. The number of allylic oxidation sites excluding steroid dienone is 1. The molecule has 41 heavy (non-hydrogen) atoms. The molecule has 1 heterocycles. The number of nitro benzene ring substituents is 1. The van der Waals surface area contributed by atoms with Gasteiger partial charge >= 0.3 is 11.9 Å². The quantitative estimate of drug-likeness (QED) is 0.0904. The van der Waals surface area contributed by atoms with Crippen molar-refractivity contribution in [2.75, 3.05) is 0 Å². The molecule has 0 atom stereocenters. The minimum atomic E-state index is -0.650. The van der Waals surface area contributed by atoms with Crippen molar-refractivity contribution in [2.45, 2.75) is 0 Å². The first-order valence-electron chi connectivity index (χ1n) is 12.0. The van der Waals surface area contributed by atoms with Crippen LogP contribution in [0, 0.1) is 32.8 Å². The van der Waals surface area contributed by atoms with Gasteiger partial charge in [-0.2, -0.15) is 10.5 Å². The molecule has 0 bridgehead atoms. The number of fused-ring (bicyclic) bond motifs is 1. The highest BCUT2D eigenvalue weighted by atomic mass is 16.6. The maximum atomic E-state index is 12.0. The Hall–Kier alpha value is -6.32. The third-order valence-electron chi connectivity index (χ3n) is 5.67. The molecule has 0 amide bonds. The molecule has 9 nitrogen and oxygen atoms in total. The Balaban J connectivity index is 0.000000199. The summed E-state index contributed by atoms with van der Waals surface area (Å²) in [6.45, 7) is 0. The van der Waals surface area contributed by atoms with Gasteiger partial charge in [-0.3, -0.25) is 10.1 Å². The van der Waals surface area contributed by atoms with Crippen LogP contribution in [0.3, 0.4) is 0 Å². The van der Waals surface area contributed by atoms with Gasteiger partial charge in [-0.15, -0.1) is 0 Å². The molecule has 198 valence electrons. The summed E-state index contributed by atoms with van der Waals surface area (Å²) in [6, 6.07) is 32.0. The summed E-state index contributed by atoms with van der Waals surface area (Å²) < 4.78 is 10.4. The van der Waals surface area contributed by atoms with Crippen molar-refractivity contribution in [2.24, 2.45) is 0 Å². The van der Waals surface area contributed by atoms with Crippen molar-refractivity contribution in [3.8, 4) is 17.9 Å². The van der Waals surface area contributed by atoms with Gasteiger partial charge in [-0.05, 0) is 53.6 Å². The van der Waals surface area contributed by atoms with Crippen LogP contribution in [-0.2, 0) is 4.74 Å². The minimum Gasteiger partial charge on any atom is -0.423 e. The summed E-state index contributed by atoms with van der Waals surface area (Å²) in [5.41, 5.74) is 3.16. The number of hydrogen-bond acceptors (Lipinski definition) is 8. The second kappa shape index (κ2) is 13.0. The molecule has 1 aliphatic heterocycles. The van der Waals surface area contributed by atoms with E-state index in [1.165, 1.54) is 42.5 Å². The first-order valence-corrected chi connectivity index (χ1v) is 12.0. The van der Waals surface area contributed by atoms with Gasteiger partial charge in [-0.25, -0.2) is 9.59 Å². The van der Waals surface area contributed by atoms with E-state index in [0.717, 1.165) is 11.1 Å². The number of benzene rings is 4. The molecular weight excluding hydrogens is 522 g/mol. The van der Waals surface area contributed by atoms with Crippen molar-refractivity contribution in [3.05, 3.63) is 147 Å². The van der Waals surface area contributed by atoms with Crippen LogP contribution < -0.4 is 4.74 Å². The maximum Gasteiger partial charge on any atom is 0.344 e. The molecule has 5 rings (SSSR count). The molecule has 9 heteroatoms. The summed E-state index contributed by atoms with van der Waals surface area (Å²) in [5, 5.41) is 27.9. The minimum absolute atomic E-state index is 0.0365. The Bertz CT molecular complexity index is 1730. The van der Waals surface area contributed by atoms with E-state index in [1.54, 1.807) is 30.3 Å². The molecule has 1 aliphatic rings. The van der Waals surface area contributed by atoms with Gasteiger partial charge in [0.15, 0.2) is 0 Å². The summed E-state index contributed by atoms with van der Waals surface area (Å²) in [7, 11) is 0. The molecule has 0 aliphatic carbocycles. The lowest BCUT2D eigenvalue weighted by Gasteiger charge is -2.04. The Kier molecular flexibility index (Phi) is 8.76. The fourth-order valence-corrected chi connectivity index (χ4v) is 3.67. The predicted octanol–water partition coefficient (Wildman–Crippen LogP) is 6.60. The SMILES string of the molecule is N#CC(C#N)=Cc1ccc(OC(=O)c2ccc([N+](=O)[O-])cc2)cc1.O=C1OC(=Cc2ccccc2)c2ccccc21. The molecule has 4 aromatic rings. The predicted molar refractivity (Wildman–Crippen MR) is 150 cm³/mol. The number of nitriles is 2. The third-order valence-corrected chi connectivity index (χ3v) is 5.67. The van der Waals surface area contributed by atoms with Gasteiger partial charge in [0.2, 0.25) is 0 Å². The molecule has 0 saturated heterocycles. The number of carbonyl (C=O) groups is 2. The van der Waals surface area contributed by atoms with Gasteiger partial charge in [0, 0.05) is 17.7 Å². The Morgan fingerprint density at radius 1 is 0.805 bits per heavy atom. The van der Waals surface area contributed by atoms with Crippen molar-refractivity contribution in [1.82, 2.24) is 0 Å². The maximum absolute atomic E-state index is 12.0. The lowest BCUT2D eigenvalue weighted by atomic mass is 10.1. The third kappa shape index (κ3) is 7.17. The summed E-state index contributed by atoms with van der Waals surface area (Å²) in [6.07, 6.45) is 3.28. The van der Waals surface area contributed by atoms with Crippen molar-refractivity contribution >= 4 is 35.5 Å². The number of nitrogens with zero attached hydrogens (tertiary/aromatic N) is 3. The van der Waals surface area contributed by atoms with E-state index in [9.17, 15) is 19.7 Å². The van der Waals surface area contributed by atoms with Crippen molar-refractivity contribution in [3.63, 3.8) is 0 Å². The number of carbonyl (C=O) groups excluding carboxylic acids is 2. The van der Waals surface area contributed by atoms with Gasteiger partial charge in [0.25, 0.3) is 5.69 Å². The highest BCUT2D eigenvalue weighted by molar-refractivity contribution is 6.05. The molecule has 0 radical (unpaired) electrons. The van der Waals surface area contributed by atoms with Crippen LogP contribution in [-0.4, -0.2) is 16.9 Å². The van der Waals surface area contributed by atoms with Crippen LogP contribution >= 0.6 is 0 Å². The highest BCUT2D eigenvalue weighted by Crippen LogP contribution is 2.30. The Morgan fingerprint density at radius 3 is 2.02 bits per heavy atom. The summed E-state index contributed by atoms with van der Waals surface area (Å²) >= 11 is 0. The second-order valence-electron chi connectivity index (χ2n) is 8.40. The number of ether oxygens (including phenoxy) is 2. The number of rotatable bonds is 5. The first-order chi connectivity index (χ1) is 19.9. The Morgan fingerprint density at radius 2 is 1.41 bits per heavy atom. The van der Waals surface area contributed by atoms with Crippen LogP contribution in [0.1, 0.15) is 37.4 Å². The number of cyclic esters (lactones) is 1.